The van der Waals surface area contributed by atoms with Gasteiger partial charge < -0.3 is 0 Å². The van der Waals surface area contributed by atoms with Crippen molar-refractivity contribution in [3.63, 3.8) is 0 Å². The number of carbonyl (C=O) groups is 1. The van der Waals surface area contributed by atoms with Crippen molar-refractivity contribution < 1.29 is 9.72 Å². The van der Waals surface area contributed by atoms with E-state index in [0.717, 1.165) is 31.4 Å². The van der Waals surface area contributed by atoms with Gasteiger partial charge in [0.1, 0.15) is 0 Å². The van der Waals surface area contributed by atoms with Crippen LogP contribution in [0.2, 0.25) is 5.02 Å². The third-order valence-corrected chi connectivity index (χ3v) is 5.51. The average Bonchev–Trinajstić information content (AvgIpc) is 3.02. The number of thiazole rings is 1. The lowest BCUT2D eigenvalue weighted by Gasteiger charge is -2.18. The fourth-order valence-corrected chi connectivity index (χ4v) is 4.18. The SMILES string of the molecule is C=CCN(C(=O)c1ccc([N+](=O)[O-])cc1Cl)c1nc2c(s1)CCCC2. The molecule has 0 saturated carbocycles. The molecule has 0 saturated heterocycles. The Balaban J connectivity index is 1.95. The number of benzene rings is 1. The normalized spacial score (nSPS) is 13.2. The molecule has 1 aromatic carbocycles. The average molecular weight is 378 g/mol. The van der Waals surface area contributed by atoms with Gasteiger partial charge in [-0.3, -0.25) is 19.8 Å². The molecule has 1 aliphatic carbocycles. The van der Waals surface area contributed by atoms with Crippen LogP contribution in [0.4, 0.5) is 10.8 Å². The number of hydrogen-bond acceptors (Lipinski definition) is 5. The smallest absolute Gasteiger partial charge is 0.270 e. The molecule has 0 unspecified atom stereocenters. The largest absolute Gasteiger partial charge is 0.280 e. The highest BCUT2D eigenvalue weighted by Crippen LogP contribution is 2.33. The Hall–Kier alpha value is -2.25. The van der Waals surface area contributed by atoms with E-state index < -0.39 is 4.92 Å². The highest BCUT2D eigenvalue weighted by molar-refractivity contribution is 7.16. The number of amides is 1. The molecule has 0 atom stereocenters. The van der Waals surface area contributed by atoms with E-state index >= 15 is 0 Å². The van der Waals surface area contributed by atoms with Crippen LogP contribution in [0.3, 0.4) is 0 Å². The summed E-state index contributed by atoms with van der Waals surface area (Å²) in [7, 11) is 0. The van der Waals surface area contributed by atoms with E-state index in [1.165, 1.54) is 39.3 Å². The molecular formula is C17H16ClN3O3S. The van der Waals surface area contributed by atoms with E-state index in [1.54, 1.807) is 6.08 Å². The molecule has 3 rings (SSSR count). The van der Waals surface area contributed by atoms with Crippen molar-refractivity contribution in [2.24, 2.45) is 0 Å². The van der Waals surface area contributed by atoms with Crippen LogP contribution in [-0.2, 0) is 12.8 Å². The predicted molar refractivity (Wildman–Crippen MR) is 98.7 cm³/mol. The number of fused-ring (bicyclic) bond motifs is 1. The summed E-state index contributed by atoms with van der Waals surface area (Å²) in [6.07, 6.45) is 5.79. The van der Waals surface area contributed by atoms with Crippen molar-refractivity contribution in [2.45, 2.75) is 25.7 Å². The molecule has 1 heterocycles. The monoisotopic (exact) mass is 377 g/mol. The summed E-state index contributed by atoms with van der Waals surface area (Å²) in [6.45, 7) is 3.99. The summed E-state index contributed by atoms with van der Waals surface area (Å²) in [6, 6.07) is 3.85. The van der Waals surface area contributed by atoms with Crippen LogP contribution >= 0.6 is 22.9 Å². The van der Waals surface area contributed by atoms with Gasteiger partial charge in [0.05, 0.1) is 21.2 Å². The van der Waals surface area contributed by atoms with Gasteiger partial charge in [-0.1, -0.05) is 17.7 Å². The highest BCUT2D eigenvalue weighted by Gasteiger charge is 2.25. The molecule has 8 heteroatoms. The molecule has 0 fully saturated rings. The molecule has 0 radical (unpaired) electrons. The van der Waals surface area contributed by atoms with Crippen molar-refractivity contribution in [2.75, 3.05) is 11.4 Å². The molecule has 0 N–H and O–H groups in total. The number of nitro groups is 1. The lowest BCUT2D eigenvalue weighted by molar-refractivity contribution is -0.384. The number of carbonyl (C=O) groups excluding carboxylic acids is 1. The van der Waals surface area contributed by atoms with Crippen LogP contribution in [0.25, 0.3) is 0 Å². The zero-order valence-corrected chi connectivity index (χ0v) is 15.0. The number of non-ortho nitro benzene ring substituents is 1. The predicted octanol–water partition coefficient (Wildman–Crippen LogP) is 4.42. The zero-order valence-electron chi connectivity index (χ0n) is 13.4. The first-order chi connectivity index (χ1) is 12.0. The number of nitro benzene ring substituents is 1. The van der Waals surface area contributed by atoms with Crippen molar-refractivity contribution in [1.82, 2.24) is 4.98 Å². The van der Waals surface area contributed by atoms with Crippen LogP contribution in [-0.4, -0.2) is 22.4 Å². The maximum absolute atomic E-state index is 12.9. The van der Waals surface area contributed by atoms with Gasteiger partial charge in [0.15, 0.2) is 5.13 Å². The molecule has 2 aromatic rings. The highest BCUT2D eigenvalue weighted by atomic mass is 35.5. The van der Waals surface area contributed by atoms with E-state index in [9.17, 15) is 14.9 Å². The van der Waals surface area contributed by atoms with Crippen LogP contribution in [0, 0.1) is 10.1 Å². The molecule has 0 bridgehead atoms. The van der Waals surface area contributed by atoms with Gasteiger partial charge in [-0.25, -0.2) is 4.98 Å². The lowest BCUT2D eigenvalue weighted by Crippen LogP contribution is -2.31. The van der Waals surface area contributed by atoms with Crippen molar-refractivity contribution in [1.29, 1.82) is 0 Å². The topological polar surface area (TPSA) is 76.3 Å². The summed E-state index contributed by atoms with van der Waals surface area (Å²) in [5.74, 6) is -0.342. The first-order valence-electron chi connectivity index (χ1n) is 7.86. The fraction of sp³-hybridized carbons (Fsp3) is 0.294. The summed E-state index contributed by atoms with van der Waals surface area (Å²) >= 11 is 7.62. The molecule has 1 aliphatic rings. The third kappa shape index (κ3) is 3.57. The molecular weight excluding hydrogens is 362 g/mol. The number of nitrogens with zero attached hydrogens (tertiary/aromatic N) is 3. The van der Waals surface area contributed by atoms with Gasteiger partial charge >= 0.3 is 0 Å². The van der Waals surface area contributed by atoms with Gasteiger partial charge in [-0.05, 0) is 31.7 Å². The van der Waals surface area contributed by atoms with Crippen LogP contribution in [0.5, 0.6) is 0 Å². The summed E-state index contributed by atoms with van der Waals surface area (Å²) in [5, 5.41) is 11.5. The number of hydrogen-bond donors (Lipinski definition) is 0. The number of aromatic nitrogens is 1. The fourth-order valence-electron chi connectivity index (χ4n) is 2.77. The number of anilines is 1. The van der Waals surface area contributed by atoms with E-state index in [1.807, 2.05) is 0 Å². The second-order valence-electron chi connectivity index (χ2n) is 5.70. The Kier molecular flexibility index (Phi) is 5.15. The number of rotatable bonds is 5. The first kappa shape index (κ1) is 17.6. The Morgan fingerprint density at radius 1 is 1.44 bits per heavy atom. The minimum absolute atomic E-state index is 0.0505. The summed E-state index contributed by atoms with van der Waals surface area (Å²) in [4.78, 5) is 30.6. The molecule has 130 valence electrons. The van der Waals surface area contributed by atoms with Gasteiger partial charge in [0.2, 0.25) is 0 Å². The molecule has 0 aliphatic heterocycles. The number of halogens is 1. The van der Waals surface area contributed by atoms with Crippen LogP contribution < -0.4 is 4.90 Å². The van der Waals surface area contributed by atoms with E-state index in [0.29, 0.717) is 11.7 Å². The van der Waals surface area contributed by atoms with Gasteiger partial charge in [0.25, 0.3) is 11.6 Å². The lowest BCUT2D eigenvalue weighted by atomic mass is 10.0. The molecule has 25 heavy (non-hydrogen) atoms. The van der Waals surface area contributed by atoms with Crippen molar-refractivity contribution >= 4 is 39.7 Å². The third-order valence-electron chi connectivity index (χ3n) is 4.02. The summed E-state index contributed by atoms with van der Waals surface area (Å²) < 4.78 is 0. The Morgan fingerprint density at radius 2 is 2.20 bits per heavy atom. The Bertz CT molecular complexity index is 826. The molecule has 6 nitrogen and oxygen atoms in total. The minimum Gasteiger partial charge on any atom is -0.280 e. The Labute approximate surface area is 153 Å². The minimum atomic E-state index is -0.545. The Morgan fingerprint density at radius 3 is 2.84 bits per heavy atom. The molecule has 1 amide bonds. The second-order valence-corrected chi connectivity index (χ2v) is 7.17. The van der Waals surface area contributed by atoms with Crippen LogP contribution in [0.1, 0.15) is 33.8 Å². The zero-order chi connectivity index (χ0) is 18.0. The van der Waals surface area contributed by atoms with Crippen molar-refractivity contribution in [3.8, 4) is 0 Å². The maximum Gasteiger partial charge on any atom is 0.270 e. The van der Waals surface area contributed by atoms with Gasteiger partial charge in [0, 0.05) is 23.6 Å². The quantitative estimate of drug-likeness (QED) is 0.439. The number of aryl methyl sites for hydroxylation is 2. The summed E-state index contributed by atoms with van der Waals surface area (Å²) in [5.41, 5.74) is 1.12. The standard InChI is InChI=1S/C17H16ClN3O3S/c1-2-9-20(17-19-14-5-3-4-6-15(14)25-17)16(22)12-8-7-11(21(23)24)10-13(12)18/h2,7-8,10H,1,3-6,9H2. The van der Waals surface area contributed by atoms with Gasteiger partial charge in [-0.15, -0.1) is 17.9 Å². The van der Waals surface area contributed by atoms with E-state index in [-0.39, 0.29) is 22.2 Å². The molecule has 1 aromatic heterocycles. The van der Waals surface area contributed by atoms with E-state index in [4.69, 9.17) is 11.6 Å². The van der Waals surface area contributed by atoms with Crippen molar-refractivity contribution in [3.05, 3.63) is 62.1 Å². The first-order valence-corrected chi connectivity index (χ1v) is 9.06. The molecule has 0 spiro atoms. The van der Waals surface area contributed by atoms with Crippen LogP contribution in [0.15, 0.2) is 30.9 Å². The van der Waals surface area contributed by atoms with Gasteiger partial charge in [-0.2, -0.15) is 0 Å². The van der Waals surface area contributed by atoms with E-state index in [2.05, 4.69) is 11.6 Å². The second kappa shape index (κ2) is 7.33. The maximum atomic E-state index is 12.9.